The average molecular weight is 210 g/mol. The van der Waals surface area contributed by atoms with Gasteiger partial charge in [0, 0.05) is 0 Å². The number of rotatable bonds is 3. The number of carbonyl (C=O) groups is 1. The molecule has 1 N–H and O–H groups in total. The number of carboxylic acids is 1. The van der Waals surface area contributed by atoms with Gasteiger partial charge < -0.3 is 9.84 Å². The van der Waals surface area contributed by atoms with E-state index < -0.39 is 17.5 Å². The van der Waals surface area contributed by atoms with Gasteiger partial charge in [0.1, 0.15) is 5.60 Å². The van der Waals surface area contributed by atoms with Crippen molar-refractivity contribution in [3.63, 3.8) is 0 Å². The lowest BCUT2D eigenvalue weighted by molar-refractivity contribution is -0.139. The number of hydrogen-bond acceptors (Lipinski definition) is 2. The van der Waals surface area contributed by atoms with Crippen molar-refractivity contribution in [3.8, 4) is 0 Å². The first kappa shape index (κ1) is 12.0. The predicted octanol–water partition coefficient (Wildman–Crippen LogP) is 2.39. The van der Waals surface area contributed by atoms with Crippen LogP contribution in [0.4, 0.5) is 0 Å². The maximum atomic E-state index is 10.9. The third kappa shape index (κ3) is 2.93. The van der Waals surface area contributed by atoms with E-state index in [4.69, 9.17) is 9.84 Å². The quantitative estimate of drug-likeness (QED) is 0.727. The SMILES string of the molecule is CC1=CC(C)(OC(C)C)C=CC1C(=O)O. The molecule has 0 aromatic heterocycles. The molecule has 0 bridgehead atoms. The summed E-state index contributed by atoms with van der Waals surface area (Å²) in [5, 5.41) is 8.93. The molecule has 0 spiro atoms. The standard InChI is InChI=1S/C12H18O3/c1-8(2)15-12(4)6-5-10(11(13)14)9(3)7-12/h5-8,10H,1-4H3,(H,13,14). The van der Waals surface area contributed by atoms with Crippen LogP contribution in [0.15, 0.2) is 23.8 Å². The van der Waals surface area contributed by atoms with Gasteiger partial charge in [0.15, 0.2) is 0 Å². The lowest BCUT2D eigenvalue weighted by Gasteiger charge is -2.30. The van der Waals surface area contributed by atoms with Gasteiger partial charge >= 0.3 is 5.97 Å². The van der Waals surface area contributed by atoms with E-state index in [9.17, 15) is 4.79 Å². The summed E-state index contributed by atoms with van der Waals surface area (Å²) in [7, 11) is 0. The molecule has 0 aromatic rings. The number of ether oxygens (including phenoxy) is 1. The van der Waals surface area contributed by atoms with E-state index in [0.717, 1.165) is 5.57 Å². The second kappa shape index (κ2) is 4.19. The Morgan fingerprint density at radius 3 is 2.60 bits per heavy atom. The topological polar surface area (TPSA) is 46.5 Å². The molecule has 0 saturated carbocycles. The fourth-order valence-electron chi connectivity index (χ4n) is 1.89. The summed E-state index contributed by atoms with van der Waals surface area (Å²) < 4.78 is 5.72. The van der Waals surface area contributed by atoms with Gasteiger partial charge in [-0.1, -0.05) is 17.7 Å². The highest BCUT2D eigenvalue weighted by molar-refractivity contribution is 5.76. The summed E-state index contributed by atoms with van der Waals surface area (Å²) in [6.07, 6.45) is 5.51. The Labute approximate surface area is 90.4 Å². The first-order valence-electron chi connectivity index (χ1n) is 5.13. The van der Waals surface area contributed by atoms with E-state index in [0.29, 0.717) is 0 Å². The normalized spacial score (nSPS) is 30.5. The number of carboxylic acid groups (broad SMARTS) is 1. The van der Waals surface area contributed by atoms with E-state index in [1.165, 1.54) is 0 Å². The summed E-state index contributed by atoms with van der Waals surface area (Å²) in [5.74, 6) is -1.32. The average Bonchev–Trinajstić information content (AvgIpc) is 1.99. The molecule has 1 aliphatic carbocycles. The molecule has 0 aliphatic heterocycles. The van der Waals surface area contributed by atoms with Gasteiger partial charge in [-0.05, 0) is 33.8 Å². The zero-order valence-corrected chi connectivity index (χ0v) is 9.65. The Balaban J connectivity index is 2.85. The lowest BCUT2D eigenvalue weighted by Crippen LogP contribution is -2.31. The van der Waals surface area contributed by atoms with Gasteiger partial charge in [-0.2, -0.15) is 0 Å². The predicted molar refractivity (Wildman–Crippen MR) is 58.6 cm³/mol. The zero-order valence-electron chi connectivity index (χ0n) is 9.65. The van der Waals surface area contributed by atoms with Gasteiger partial charge in [0.2, 0.25) is 0 Å². The van der Waals surface area contributed by atoms with E-state index in [2.05, 4.69) is 0 Å². The van der Waals surface area contributed by atoms with Crippen LogP contribution in [0.5, 0.6) is 0 Å². The fourth-order valence-corrected chi connectivity index (χ4v) is 1.89. The van der Waals surface area contributed by atoms with E-state index in [1.54, 1.807) is 6.08 Å². The summed E-state index contributed by atoms with van der Waals surface area (Å²) in [4.78, 5) is 10.9. The molecule has 2 atom stereocenters. The minimum Gasteiger partial charge on any atom is -0.481 e. The minimum atomic E-state index is -0.813. The van der Waals surface area contributed by atoms with Crippen molar-refractivity contribution < 1.29 is 14.6 Å². The molecule has 0 amide bonds. The van der Waals surface area contributed by atoms with Crippen molar-refractivity contribution in [2.75, 3.05) is 0 Å². The molecule has 0 saturated heterocycles. The van der Waals surface area contributed by atoms with Crippen LogP contribution in [-0.4, -0.2) is 22.8 Å². The molecule has 15 heavy (non-hydrogen) atoms. The highest BCUT2D eigenvalue weighted by Gasteiger charge is 2.28. The maximum Gasteiger partial charge on any atom is 0.314 e. The third-order valence-corrected chi connectivity index (χ3v) is 2.38. The highest BCUT2D eigenvalue weighted by atomic mass is 16.5. The molecular formula is C12H18O3. The highest BCUT2D eigenvalue weighted by Crippen LogP contribution is 2.28. The molecule has 2 unspecified atom stereocenters. The van der Waals surface area contributed by atoms with Crippen LogP contribution in [-0.2, 0) is 9.53 Å². The Morgan fingerprint density at radius 1 is 1.60 bits per heavy atom. The van der Waals surface area contributed by atoms with E-state index in [1.807, 2.05) is 39.8 Å². The molecule has 0 aromatic carbocycles. The van der Waals surface area contributed by atoms with Crippen molar-refractivity contribution in [1.29, 1.82) is 0 Å². The minimum absolute atomic E-state index is 0.116. The van der Waals surface area contributed by atoms with Crippen LogP contribution in [0.25, 0.3) is 0 Å². The first-order valence-corrected chi connectivity index (χ1v) is 5.13. The van der Waals surface area contributed by atoms with Gasteiger partial charge in [0.25, 0.3) is 0 Å². The van der Waals surface area contributed by atoms with E-state index >= 15 is 0 Å². The summed E-state index contributed by atoms with van der Waals surface area (Å²) in [5.41, 5.74) is 0.359. The largest absolute Gasteiger partial charge is 0.481 e. The monoisotopic (exact) mass is 210 g/mol. The van der Waals surface area contributed by atoms with Gasteiger partial charge in [-0.3, -0.25) is 4.79 Å². The number of aliphatic carboxylic acids is 1. The molecule has 1 aliphatic rings. The van der Waals surface area contributed by atoms with Crippen LogP contribution in [0.1, 0.15) is 27.7 Å². The van der Waals surface area contributed by atoms with E-state index in [-0.39, 0.29) is 6.10 Å². The maximum absolute atomic E-state index is 10.9. The Hall–Kier alpha value is -1.09. The van der Waals surface area contributed by atoms with Crippen molar-refractivity contribution in [3.05, 3.63) is 23.8 Å². The number of hydrogen-bond donors (Lipinski definition) is 1. The Morgan fingerprint density at radius 2 is 2.20 bits per heavy atom. The summed E-state index contributed by atoms with van der Waals surface area (Å²) >= 11 is 0. The zero-order chi connectivity index (χ0) is 11.6. The van der Waals surface area contributed by atoms with Crippen LogP contribution < -0.4 is 0 Å². The Kier molecular flexibility index (Phi) is 3.35. The lowest BCUT2D eigenvalue weighted by atomic mass is 9.87. The summed E-state index contributed by atoms with van der Waals surface area (Å²) in [6, 6.07) is 0. The van der Waals surface area contributed by atoms with Crippen LogP contribution >= 0.6 is 0 Å². The Bertz CT molecular complexity index is 315. The smallest absolute Gasteiger partial charge is 0.314 e. The molecule has 3 heteroatoms. The van der Waals surface area contributed by atoms with Crippen molar-refractivity contribution >= 4 is 5.97 Å². The van der Waals surface area contributed by atoms with Crippen molar-refractivity contribution in [2.24, 2.45) is 5.92 Å². The van der Waals surface area contributed by atoms with Crippen LogP contribution in [0, 0.1) is 5.92 Å². The van der Waals surface area contributed by atoms with Gasteiger partial charge in [-0.15, -0.1) is 0 Å². The van der Waals surface area contributed by atoms with Crippen LogP contribution in [0.2, 0.25) is 0 Å². The third-order valence-electron chi connectivity index (χ3n) is 2.38. The van der Waals surface area contributed by atoms with Crippen molar-refractivity contribution in [1.82, 2.24) is 0 Å². The second-order valence-electron chi connectivity index (χ2n) is 4.41. The molecule has 84 valence electrons. The fraction of sp³-hybridized carbons (Fsp3) is 0.583. The molecule has 0 heterocycles. The van der Waals surface area contributed by atoms with Crippen molar-refractivity contribution in [2.45, 2.75) is 39.4 Å². The molecule has 0 radical (unpaired) electrons. The van der Waals surface area contributed by atoms with Crippen LogP contribution in [0.3, 0.4) is 0 Å². The molecule has 0 fully saturated rings. The van der Waals surface area contributed by atoms with Gasteiger partial charge in [0.05, 0.1) is 12.0 Å². The van der Waals surface area contributed by atoms with Gasteiger partial charge in [-0.25, -0.2) is 0 Å². The molecule has 1 rings (SSSR count). The second-order valence-corrected chi connectivity index (χ2v) is 4.41. The summed E-state index contributed by atoms with van der Waals surface area (Å²) in [6.45, 7) is 7.69. The molecular weight excluding hydrogens is 192 g/mol. The molecule has 3 nitrogen and oxygen atoms in total. The first-order chi connectivity index (χ1) is 6.84.